The minimum absolute atomic E-state index is 0.366. The number of hydrogen-bond donors (Lipinski definition) is 1. The van der Waals surface area contributed by atoms with Crippen LogP contribution in [0.2, 0.25) is 0 Å². The molecule has 0 aliphatic carbocycles. The molecule has 4 heteroatoms. The molecule has 3 unspecified atom stereocenters. The zero-order chi connectivity index (χ0) is 14.4. The maximum Gasteiger partial charge on any atom is 0.333 e. The van der Waals surface area contributed by atoms with Gasteiger partial charge in [-0.15, -0.1) is 0 Å². The highest BCUT2D eigenvalue weighted by Gasteiger charge is 2.63. The molecule has 4 nitrogen and oxygen atoms in total. The van der Waals surface area contributed by atoms with Crippen molar-refractivity contribution in [3.05, 3.63) is 12.2 Å². The molecule has 1 saturated heterocycles. The van der Waals surface area contributed by atoms with Crippen LogP contribution in [-0.2, 0) is 14.3 Å². The molecule has 0 amide bonds. The number of ether oxygens (including phenoxy) is 2. The highest BCUT2D eigenvalue weighted by Crippen LogP contribution is 2.45. The summed E-state index contributed by atoms with van der Waals surface area (Å²) in [6, 6.07) is 0. The van der Waals surface area contributed by atoms with Crippen LogP contribution < -0.4 is 0 Å². The molecular weight excluding hydrogens is 256 g/mol. The first-order valence-corrected chi connectivity index (χ1v) is 7.96. The molecule has 1 fully saturated rings. The van der Waals surface area contributed by atoms with E-state index in [1.54, 1.807) is 6.08 Å². The SMILES string of the molecule is CCCCCCCCCCC(O)C1OC12C=CC(=O)O2. The second kappa shape index (κ2) is 7.23. The molecule has 0 bridgehead atoms. The van der Waals surface area contributed by atoms with Crippen molar-refractivity contribution in [2.75, 3.05) is 0 Å². The van der Waals surface area contributed by atoms with Crippen molar-refractivity contribution in [1.82, 2.24) is 0 Å². The Morgan fingerprint density at radius 1 is 1.20 bits per heavy atom. The lowest BCUT2D eigenvalue weighted by Crippen LogP contribution is -2.24. The Labute approximate surface area is 121 Å². The van der Waals surface area contributed by atoms with Crippen molar-refractivity contribution in [2.24, 2.45) is 0 Å². The van der Waals surface area contributed by atoms with Crippen LogP contribution in [0.25, 0.3) is 0 Å². The van der Waals surface area contributed by atoms with Gasteiger partial charge < -0.3 is 14.6 Å². The Morgan fingerprint density at radius 2 is 1.85 bits per heavy atom. The van der Waals surface area contributed by atoms with Crippen molar-refractivity contribution in [2.45, 2.75) is 82.7 Å². The predicted molar refractivity (Wildman–Crippen MR) is 76.1 cm³/mol. The Morgan fingerprint density at radius 3 is 2.45 bits per heavy atom. The maximum atomic E-state index is 11.0. The van der Waals surface area contributed by atoms with Crippen LogP contribution >= 0.6 is 0 Å². The van der Waals surface area contributed by atoms with Gasteiger partial charge in [-0.05, 0) is 12.5 Å². The summed E-state index contributed by atoms with van der Waals surface area (Å²) in [6.45, 7) is 2.23. The number of rotatable bonds is 10. The summed E-state index contributed by atoms with van der Waals surface area (Å²) in [4.78, 5) is 11.0. The van der Waals surface area contributed by atoms with E-state index in [0.717, 1.165) is 12.8 Å². The molecule has 1 spiro atoms. The van der Waals surface area contributed by atoms with Gasteiger partial charge in [-0.25, -0.2) is 4.79 Å². The van der Waals surface area contributed by atoms with E-state index in [2.05, 4.69) is 6.92 Å². The van der Waals surface area contributed by atoms with Gasteiger partial charge >= 0.3 is 5.97 Å². The third-order valence-corrected chi connectivity index (χ3v) is 4.07. The zero-order valence-corrected chi connectivity index (χ0v) is 12.3. The average molecular weight is 282 g/mol. The number of epoxide rings is 1. The monoisotopic (exact) mass is 282 g/mol. The van der Waals surface area contributed by atoms with Crippen LogP contribution in [0.5, 0.6) is 0 Å². The predicted octanol–water partition coefficient (Wildman–Crippen LogP) is 3.09. The number of carbonyl (C=O) groups is 1. The molecule has 0 saturated carbocycles. The third kappa shape index (κ3) is 4.06. The summed E-state index contributed by atoms with van der Waals surface area (Å²) in [7, 11) is 0. The number of carbonyl (C=O) groups excluding carboxylic acids is 1. The van der Waals surface area contributed by atoms with Gasteiger partial charge in [0.25, 0.3) is 5.79 Å². The lowest BCUT2D eigenvalue weighted by molar-refractivity contribution is -0.144. The minimum Gasteiger partial charge on any atom is -0.423 e. The summed E-state index contributed by atoms with van der Waals surface area (Å²) >= 11 is 0. The van der Waals surface area contributed by atoms with Gasteiger partial charge in [0.15, 0.2) is 6.10 Å². The number of aliphatic hydroxyl groups is 1. The Balaban J connectivity index is 1.49. The summed E-state index contributed by atoms with van der Waals surface area (Å²) in [5, 5.41) is 10.0. The van der Waals surface area contributed by atoms with E-state index in [1.807, 2.05) is 0 Å². The summed E-state index contributed by atoms with van der Waals surface area (Å²) < 4.78 is 10.4. The summed E-state index contributed by atoms with van der Waals surface area (Å²) in [5.41, 5.74) is 0. The first-order valence-electron chi connectivity index (χ1n) is 7.96. The Hall–Kier alpha value is -0.870. The largest absolute Gasteiger partial charge is 0.423 e. The molecule has 0 radical (unpaired) electrons. The topological polar surface area (TPSA) is 59.1 Å². The van der Waals surface area contributed by atoms with Gasteiger partial charge in [-0.2, -0.15) is 0 Å². The number of aliphatic hydroxyl groups excluding tert-OH is 1. The normalized spacial score (nSPS) is 28.9. The fourth-order valence-electron chi connectivity index (χ4n) is 2.78. The summed E-state index contributed by atoms with van der Waals surface area (Å²) in [6.07, 6.45) is 12.8. The Bertz CT molecular complexity index is 352. The fourth-order valence-corrected chi connectivity index (χ4v) is 2.78. The van der Waals surface area contributed by atoms with Crippen molar-refractivity contribution in [3.8, 4) is 0 Å². The van der Waals surface area contributed by atoms with Crippen molar-refractivity contribution < 1.29 is 19.4 Å². The van der Waals surface area contributed by atoms with Gasteiger partial charge in [0.05, 0.1) is 6.10 Å². The first kappa shape index (κ1) is 15.5. The van der Waals surface area contributed by atoms with E-state index in [-0.39, 0.29) is 12.1 Å². The van der Waals surface area contributed by atoms with E-state index in [0.29, 0.717) is 6.42 Å². The van der Waals surface area contributed by atoms with Gasteiger partial charge in [0.2, 0.25) is 0 Å². The minimum atomic E-state index is -0.934. The molecule has 1 N–H and O–H groups in total. The third-order valence-electron chi connectivity index (χ3n) is 4.07. The molecule has 2 aliphatic rings. The molecule has 3 atom stereocenters. The standard InChI is InChI=1S/C16H26O4/c1-2-3-4-5-6-7-8-9-10-13(17)15-16(20-15)12-11-14(18)19-16/h11-13,15,17H,2-10H2,1H3. The average Bonchev–Trinajstić information content (AvgIpc) is 3.00. The van der Waals surface area contributed by atoms with Crippen molar-refractivity contribution >= 4 is 5.97 Å². The van der Waals surface area contributed by atoms with Gasteiger partial charge in [0, 0.05) is 6.08 Å². The van der Waals surface area contributed by atoms with Gasteiger partial charge in [-0.3, -0.25) is 0 Å². The highest BCUT2D eigenvalue weighted by atomic mass is 16.8. The fraction of sp³-hybridized carbons (Fsp3) is 0.812. The van der Waals surface area contributed by atoms with E-state index in [1.165, 1.54) is 44.6 Å². The second-order valence-electron chi connectivity index (χ2n) is 5.85. The molecule has 0 aromatic carbocycles. The zero-order valence-electron chi connectivity index (χ0n) is 12.3. The molecule has 114 valence electrons. The van der Waals surface area contributed by atoms with Crippen molar-refractivity contribution in [1.29, 1.82) is 0 Å². The molecule has 0 aromatic heterocycles. The maximum absolute atomic E-state index is 11.0. The molecule has 2 rings (SSSR count). The number of unbranched alkanes of at least 4 members (excludes halogenated alkanes) is 7. The van der Waals surface area contributed by atoms with Crippen LogP contribution in [0, 0.1) is 0 Å². The smallest absolute Gasteiger partial charge is 0.333 e. The molecule has 2 aliphatic heterocycles. The molecule has 0 aromatic rings. The quantitative estimate of drug-likeness (QED) is 0.380. The lowest BCUT2D eigenvalue weighted by Gasteiger charge is -2.09. The van der Waals surface area contributed by atoms with Crippen molar-refractivity contribution in [3.63, 3.8) is 0 Å². The first-order chi connectivity index (χ1) is 9.68. The van der Waals surface area contributed by atoms with Gasteiger partial charge in [0.1, 0.15) is 0 Å². The molecule has 2 heterocycles. The summed E-state index contributed by atoms with van der Waals surface area (Å²) in [5.74, 6) is -1.32. The highest BCUT2D eigenvalue weighted by molar-refractivity contribution is 5.85. The van der Waals surface area contributed by atoms with Crippen LogP contribution in [0.1, 0.15) is 64.7 Å². The Kier molecular flexibility index (Phi) is 5.61. The van der Waals surface area contributed by atoms with Gasteiger partial charge in [-0.1, -0.05) is 58.3 Å². The van der Waals surface area contributed by atoms with E-state index >= 15 is 0 Å². The van der Waals surface area contributed by atoms with Crippen LogP contribution in [0.4, 0.5) is 0 Å². The van der Waals surface area contributed by atoms with Crippen LogP contribution in [-0.4, -0.2) is 29.1 Å². The second-order valence-corrected chi connectivity index (χ2v) is 5.85. The molecular formula is C16H26O4. The number of esters is 1. The van der Waals surface area contributed by atoms with Crippen LogP contribution in [0.15, 0.2) is 12.2 Å². The number of hydrogen-bond acceptors (Lipinski definition) is 4. The molecule has 20 heavy (non-hydrogen) atoms. The van der Waals surface area contributed by atoms with Crippen LogP contribution in [0.3, 0.4) is 0 Å². The van der Waals surface area contributed by atoms with E-state index < -0.39 is 11.9 Å². The lowest BCUT2D eigenvalue weighted by atomic mass is 10.0. The van der Waals surface area contributed by atoms with E-state index in [4.69, 9.17) is 9.47 Å². The van der Waals surface area contributed by atoms with E-state index in [9.17, 15) is 9.90 Å².